The Balaban J connectivity index is 1.99. The molecule has 0 fully saturated rings. The van der Waals surface area contributed by atoms with Gasteiger partial charge in [-0.1, -0.05) is 53.4 Å². The van der Waals surface area contributed by atoms with Crippen molar-refractivity contribution in [1.29, 1.82) is 0 Å². The molecule has 1 aliphatic carbocycles. The topological polar surface area (TPSA) is 0 Å². The lowest BCUT2D eigenvalue weighted by molar-refractivity contribution is 0.709. The molecule has 0 saturated carbocycles. The molecule has 0 radical (unpaired) electrons. The zero-order chi connectivity index (χ0) is 10.7. The summed E-state index contributed by atoms with van der Waals surface area (Å²) in [5, 5.41) is 0. The van der Waals surface area contributed by atoms with Gasteiger partial charge in [0, 0.05) is 4.47 Å². The van der Waals surface area contributed by atoms with Gasteiger partial charge in [0.05, 0.1) is 0 Å². The second kappa shape index (κ2) is 4.98. The molecule has 0 N–H and O–H groups in total. The molecule has 0 atom stereocenters. The molecule has 0 bridgehead atoms. The standard InChI is InChI=1S/C14H17Br/c1-2-3-4-5-11-8-12-6-7-14(15)10-13(12)9-11/h6-8,10H,2-5,9H2,1H3. The van der Waals surface area contributed by atoms with E-state index in [-0.39, 0.29) is 0 Å². The summed E-state index contributed by atoms with van der Waals surface area (Å²) in [6.07, 6.45) is 8.83. The Bertz CT molecular complexity index is 377. The second-order valence-electron chi connectivity index (χ2n) is 4.28. The lowest BCUT2D eigenvalue weighted by Gasteiger charge is -2.01. The third-order valence-electron chi connectivity index (χ3n) is 2.98. The summed E-state index contributed by atoms with van der Waals surface area (Å²) >= 11 is 3.53. The normalized spacial score (nSPS) is 13.9. The van der Waals surface area contributed by atoms with E-state index in [0.717, 1.165) is 0 Å². The summed E-state index contributed by atoms with van der Waals surface area (Å²) in [6.45, 7) is 2.26. The second-order valence-corrected chi connectivity index (χ2v) is 5.20. The maximum atomic E-state index is 3.53. The molecule has 80 valence electrons. The predicted octanol–water partition coefficient (Wildman–Crippen LogP) is 4.97. The van der Waals surface area contributed by atoms with Crippen LogP contribution < -0.4 is 0 Å². The van der Waals surface area contributed by atoms with Gasteiger partial charge in [-0.05, 0) is 42.5 Å². The van der Waals surface area contributed by atoms with Crippen molar-refractivity contribution < 1.29 is 0 Å². The first-order valence-electron chi connectivity index (χ1n) is 5.77. The molecule has 0 heterocycles. The van der Waals surface area contributed by atoms with E-state index in [2.05, 4.69) is 47.1 Å². The average molecular weight is 265 g/mol. The molecule has 1 heteroatoms. The van der Waals surface area contributed by atoms with Crippen LogP contribution in [0.3, 0.4) is 0 Å². The van der Waals surface area contributed by atoms with Gasteiger partial charge in [-0.3, -0.25) is 0 Å². The fourth-order valence-electron chi connectivity index (χ4n) is 2.15. The summed E-state index contributed by atoms with van der Waals surface area (Å²) in [6, 6.07) is 6.59. The van der Waals surface area contributed by atoms with Crippen molar-refractivity contribution in [3.05, 3.63) is 39.4 Å². The van der Waals surface area contributed by atoms with E-state index < -0.39 is 0 Å². The molecule has 15 heavy (non-hydrogen) atoms. The minimum Gasteiger partial charge on any atom is -0.0654 e. The molecule has 0 spiro atoms. The van der Waals surface area contributed by atoms with Crippen molar-refractivity contribution in [3.8, 4) is 0 Å². The van der Waals surface area contributed by atoms with Crippen molar-refractivity contribution in [2.75, 3.05) is 0 Å². The molecule has 0 saturated heterocycles. The summed E-state index contributed by atoms with van der Waals surface area (Å²) < 4.78 is 1.20. The number of fused-ring (bicyclic) bond motifs is 1. The monoisotopic (exact) mass is 264 g/mol. The summed E-state index contributed by atoms with van der Waals surface area (Å²) in [5.74, 6) is 0. The Kier molecular flexibility index (Phi) is 3.63. The Hall–Kier alpha value is -0.560. The van der Waals surface area contributed by atoms with Crippen LogP contribution >= 0.6 is 15.9 Å². The minimum absolute atomic E-state index is 1.17. The highest BCUT2D eigenvalue weighted by Gasteiger charge is 2.11. The number of hydrogen-bond acceptors (Lipinski definition) is 0. The van der Waals surface area contributed by atoms with Crippen molar-refractivity contribution in [2.45, 2.75) is 39.0 Å². The van der Waals surface area contributed by atoms with Gasteiger partial charge in [0.25, 0.3) is 0 Å². The highest BCUT2D eigenvalue weighted by Crippen LogP contribution is 2.30. The molecule has 1 aromatic carbocycles. The van der Waals surface area contributed by atoms with Gasteiger partial charge in [-0.15, -0.1) is 0 Å². The molecule has 0 amide bonds. The molecule has 1 aliphatic rings. The summed E-state index contributed by atoms with van der Waals surface area (Å²) in [5.41, 5.74) is 4.51. The number of halogens is 1. The van der Waals surface area contributed by atoms with Gasteiger partial charge < -0.3 is 0 Å². The van der Waals surface area contributed by atoms with E-state index in [1.165, 1.54) is 47.7 Å². The smallest absolute Gasteiger partial charge is 0.0178 e. The van der Waals surface area contributed by atoms with Crippen LogP contribution in [0.5, 0.6) is 0 Å². The molecule has 0 aliphatic heterocycles. The van der Waals surface area contributed by atoms with Gasteiger partial charge in [0.15, 0.2) is 0 Å². The van der Waals surface area contributed by atoms with Crippen molar-refractivity contribution >= 4 is 22.0 Å². The van der Waals surface area contributed by atoms with Gasteiger partial charge in [-0.25, -0.2) is 0 Å². The van der Waals surface area contributed by atoms with Gasteiger partial charge in [-0.2, -0.15) is 0 Å². The van der Waals surface area contributed by atoms with Crippen LogP contribution in [0.2, 0.25) is 0 Å². The van der Waals surface area contributed by atoms with Crippen molar-refractivity contribution in [1.82, 2.24) is 0 Å². The van der Waals surface area contributed by atoms with E-state index in [0.29, 0.717) is 0 Å². The third-order valence-corrected chi connectivity index (χ3v) is 3.48. The number of rotatable bonds is 4. The Morgan fingerprint density at radius 3 is 2.93 bits per heavy atom. The number of benzene rings is 1. The lowest BCUT2D eigenvalue weighted by Crippen LogP contribution is -1.85. The summed E-state index contributed by atoms with van der Waals surface area (Å²) in [7, 11) is 0. The zero-order valence-electron chi connectivity index (χ0n) is 9.22. The number of unbranched alkanes of at least 4 members (excludes halogenated alkanes) is 2. The fraction of sp³-hybridized carbons (Fsp3) is 0.429. The summed E-state index contributed by atoms with van der Waals surface area (Å²) in [4.78, 5) is 0. The van der Waals surface area contributed by atoms with E-state index in [9.17, 15) is 0 Å². The van der Waals surface area contributed by atoms with Crippen molar-refractivity contribution in [3.63, 3.8) is 0 Å². The molecule has 0 nitrogen and oxygen atoms in total. The maximum Gasteiger partial charge on any atom is 0.0178 e. The van der Waals surface area contributed by atoms with Crippen LogP contribution in [0.25, 0.3) is 6.08 Å². The van der Waals surface area contributed by atoms with Crippen LogP contribution in [-0.4, -0.2) is 0 Å². The molecular weight excluding hydrogens is 248 g/mol. The molecule has 1 aromatic rings. The third kappa shape index (κ3) is 2.72. The molecule has 2 rings (SSSR count). The zero-order valence-corrected chi connectivity index (χ0v) is 10.8. The van der Waals surface area contributed by atoms with Crippen LogP contribution in [0.4, 0.5) is 0 Å². The Morgan fingerprint density at radius 2 is 2.13 bits per heavy atom. The van der Waals surface area contributed by atoms with Crippen molar-refractivity contribution in [2.24, 2.45) is 0 Å². The van der Waals surface area contributed by atoms with Gasteiger partial charge in [0.1, 0.15) is 0 Å². The highest BCUT2D eigenvalue weighted by molar-refractivity contribution is 9.10. The van der Waals surface area contributed by atoms with Crippen LogP contribution in [0, 0.1) is 0 Å². The van der Waals surface area contributed by atoms with E-state index >= 15 is 0 Å². The Morgan fingerprint density at radius 1 is 1.27 bits per heavy atom. The first-order valence-corrected chi connectivity index (χ1v) is 6.57. The Labute approximate surface area is 101 Å². The first kappa shape index (κ1) is 10.9. The van der Waals surface area contributed by atoms with Crippen LogP contribution in [-0.2, 0) is 6.42 Å². The SMILES string of the molecule is CCCCCC1=Cc2ccc(Br)cc2C1. The van der Waals surface area contributed by atoms with Crippen LogP contribution in [0.15, 0.2) is 28.2 Å². The van der Waals surface area contributed by atoms with Gasteiger partial charge >= 0.3 is 0 Å². The van der Waals surface area contributed by atoms with E-state index in [1.807, 2.05) is 0 Å². The van der Waals surface area contributed by atoms with E-state index in [1.54, 1.807) is 5.57 Å². The average Bonchev–Trinajstić information content (AvgIpc) is 2.60. The largest absolute Gasteiger partial charge is 0.0654 e. The maximum absolute atomic E-state index is 3.53. The highest BCUT2D eigenvalue weighted by atomic mass is 79.9. The predicted molar refractivity (Wildman–Crippen MR) is 70.0 cm³/mol. The first-order chi connectivity index (χ1) is 7.29. The lowest BCUT2D eigenvalue weighted by atomic mass is 10.1. The molecular formula is C14H17Br. The fourth-order valence-corrected chi connectivity index (χ4v) is 2.55. The number of hydrogen-bond donors (Lipinski definition) is 0. The van der Waals surface area contributed by atoms with Gasteiger partial charge in [0.2, 0.25) is 0 Å². The molecule has 0 unspecified atom stereocenters. The number of allylic oxidation sites excluding steroid dienone is 1. The minimum atomic E-state index is 1.17. The van der Waals surface area contributed by atoms with Crippen LogP contribution in [0.1, 0.15) is 43.7 Å². The molecule has 0 aromatic heterocycles. The quantitative estimate of drug-likeness (QED) is 0.674. The van der Waals surface area contributed by atoms with E-state index in [4.69, 9.17) is 0 Å².